The van der Waals surface area contributed by atoms with Gasteiger partial charge in [0.05, 0.1) is 27.2 Å². The molecule has 0 spiro atoms. The number of hydrogen-bond donors (Lipinski definition) is 1. The van der Waals surface area contributed by atoms with Crippen LogP contribution in [-0.2, 0) is 11.0 Å². The van der Waals surface area contributed by atoms with E-state index in [-0.39, 0.29) is 5.41 Å². The van der Waals surface area contributed by atoms with Crippen LogP contribution < -0.4 is 5.14 Å². The Morgan fingerprint density at radius 3 is 2.50 bits per heavy atom. The van der Waals surface area contributed by atoms with E-state index in [1.54, 1.807) is 0 Å². The summed E-state index contributed by atoms with van der Waals surface area (Å²) in [6.45, 7) is 5.63. The van der Waals surface area contributed by atoms with Crippen molar-refractivity contribution in [2.75, 3.05) is 0 Å². The van der Waals surface area contributed by atoms with Gasteiger partial charge in [0, 0.05) is 0 Å². The van der Waals surface area contributed by atoms with Gasteiger partial charge in [0.25, 0.3) is 0 Å². The Morgan fingerprint density at radius 1 is 1.64 bits per heavy atom. The number of nitrogens with two attached hydrogens (primary N) is 1. The van der Waals surface area contributed by atoms with Crippen molar-refractivity contribution in [2.45, 2.75) is 38.4 Å². The quantitative estimate of drug-likeness (QED) is 0.707. The van der Waals surface area contributed by atoms with Gasteiger partial charge in [-0.3, -0.25) is 5.14 Å². The van der Waals surface area contributed by atoms with Gasteiger partial charge in [0.1, 0.15) is 0 Å². The largest absolute Gasteiger partial charge is 0.251 e. The third-order valence-corrected chi connectivity index (χ3v) is 3.73. The van der Waals surface area contributed by atoms with Crippen LogP contribution in [0.5, 0.6) is 0 Å². The minimum Gasteiger partial charge on any atom is -0.251 e. The van der Waals surface area contributed by atoms with Crippen molar-refractivity contribution in [3.63, 3.8) is 0 Å². The Morgan fingerprint density at radius 2 is 2.14 bits per heavy atom. The number of rotatable bonds is 2. The highest BCUT2D eigenvalue weighted by Crippen LogP contribution is 2.45. The second-order valence-electron chi connectivity index (χ2n) is 4.73. The second-order valence-corrected chi connectivity index (χ2v) is 6.38. The van der Waals surface area contributed by atoms with E-state index in [2.05, 4.69) is 6.07 Å². The summed E-state index contributed by atoms with van der Waals surface area (Å²) < 4.78 is 10.7. The van der Waals surface area contributed by atoms with Crippen LogP contribution in [0, 0.1) is 16.7 Å². The van der Waals surface area contributed by atoms with Crippen molar-refractivity contribution in [3.05, 3.63) is 11.6 Å². The zero-order chi connectivity index (χ0) is 11.0. The van der Waals surface area contributed by atoms with Crippen molar-refractivity contribution in [2.24, 2.45) is 10.6 Å². The molecule has 3 nitrogen and oxygen atoms in total. The monoisotopic (exact) mass is 212 g/mol. The predicted molar refractivity (Wildman–Crippen MR) is 57.4 cm³/mol. The van der Waals surface area contributed by atoms with E-state index in [0.29, 0.717) is 0 Å². The summed E-state index contributed by atoms with van der Waals surface area (Å²) >= 11 is 0. The van der Waals surface area contributed by atoms with Gasteiger partial charge in [-0.15, -0.1) is 0 Å². The maximum atomic E-state index is 11.2. The molecular formula is C10H16N2OS. The molecule has 0 radical (unpaired) electrons. The fourth-order valence-corrected chi connectivity index (χ4v) is 1.96. The minimum atomic E-state index is -1.35. The van der Waals surface area contributed by atoms with Crippen molar-refractivity contribution < 1.29 is 4.21 Å². The molecule has 0 aromatic carbocycles. The SMILES string of the molecule is CC1(C#N)CC(=CC(C)(C)S(N)=O)C1. The zero-order valence-corrected chi connectivity index (χ0v) is 9.65. The van der Waals surface area contributed by atoms with E-state index in [9.17, 15) is 4.21 Å². The van der Waals surface area contributed by atoms with Crippen LogP contribution in [0.2, 0.25) is 0 Å². The summed E-state index contributed by atoms with van der Waals surface area (Å²) in [7, 11) is -1.35. The molecule has 14 heavy (non-hydrogen) atoms. The van der Waals surface area contributed by atoms with Crippen LogP contribution in [0.15, 0.2) is 11.6 Å². The molecule has 1 rings (SSSR count). The Kier molecular flexibility index (Phi) is 2.84. The molecule has 4 heteroatoms. The lowest BCUT2D eigenvalue weighted by molar-refractivity contribution is 0.335. The molecule has 78 valence electrons. The number of hydrogen-bond acceptors (Lipinski definition) is 2. The van der Waals surface area contributed by atoms with Crippen molar-refractivity contribution in [3.8, 4) is 6.07 Å². The van der Waals surface area contributed by atoms with E-state index in [1.165, 1.54) is 5.57 Å². The van der Waals surface area contributed by atoms with Crippen LogP contribution >= 0.6 is 0 Å². The molecule has 0 aromatic heterocycles. The van der Waals surface area contributed by atoms with Gasteiger partial charge in [0.15, 0.2) is 0 Å². The van der Waals surface area contributed by atoms with Crippen LogP contribution in [0.1, 0.15) is 33.6 Å². The van der Waals surface area contributed by atoms with E-state index < -0.39 is 15.7 Å². The van der Waals surface area contributed by atoms with Crippen molar-refractivity contribution in [1.29, 1.82) is 5.26 Å². The van der Waals surface area contributed by atoms with E-state index >= 15 is 0 Å². The highest BCUT2D eigenvalue weighted by atomic mass is 32.2. The maximum absolute atomic E-state index is 11.2. The molecular weight excluding hydrogens is 196 g/mol. The summed E-state index contributed by atoms with van der Waals surface area (Å²) in [5.41, 5.74) is 0.982. The van der Waals surface area contributed by atoms with E-state index in [4.69, 9.17) is 10.4 Å². The summed E-state index contributed by atoms with van der Waals surface area (Å²) in [6.07, 6.45) is 3.51. The molecule has 1 fully saturated rings. The summed E-state index contributed by atoms with van der Waals surface area (Å²) in [4.78, 5) is 0. The lowest BCUT2D eigenvalue weighted by Gasteiger charge is -2.36. The lowest BCUT2D eigenvalue weighted by atomic mass is 9.67. The first-order valence-electron chi connectivity index (χ1n) is 4.57. The normalized spacial score (nSPS) is 28.9. The Labute approximate surface area is 87.6 Å². The highest BCUT2D eigenvalue weighted by molar-refractivity contribution is 7.84. The van der Waals surface area contributed by atoms with Crippen LogP contribution in [0.4, 0.5) is 0 Å². The average molecular weight is 212 g/mol. The van der Waals surface area contributed by atoms with Crippen molar-refractivity contribution >= 4 is 11.0 Å². The van der Waals surface area contributed by atoms with Crippen LogP contribution in [0.25, 0.3) is 0 Å². The summed E-state index contributed by atoms with van der Waals surface area (Å²) in [5.74, 6) is 0. The average Bonchev–Trinajstić information content (AvgIpc) is 2.00. The molecule has 0 saturated heterocycles. The molecule has 0 aliphatic heterocycles. The topological polar surface area (TPSA) is 66.9 Å². The molecule has 1 saturated carbocycles. The van der Waals surface area contributed by atoms with Gasteiger partial charge in [-0.1, -0.05) is 11.6 Å². The zero-order valence-electron chi connectivity index (χ0n) is 8.83. The molecule has 0 aromatic rings. The minimum absolute atomic E-state index is 0.210. The third-order valence-electron chi connectivity index (χ3n) is 2.57. The molecule has 1 aliphatic rings. The molecule has 2 N–H and O–H groups in total. The first-order chi connectivity index (χ1) is 6.29. The fraction of sp³-hybridized carbons (Fsp3) is 0.700. The molecule has 1 unspecified atom stereocenters. The van der Waals surface area contributed by atoms with Gasteiger partial charge in [-0.05, 0) is 33.6 Å². The molecule has 0 bridgehead atoms. The fourth-order valence-electron chi connectivity index (χ4n) is 1.68. The molecule has 1 aliphatic carbocycles. The van der Waals surface area contributed by atoms with Crippen molar-refractivity contribution in [1.82, 2.24) is 0 Å². The standard InChI is InChI=1S/C10H16N2OS/c1-9(2,14(12)13)4-8-5-10(3,6-8)7-11/h4H,5-6,12H2,1-3H3. The van der Waals surface area contributed by atoms with Crippen LogP contribution in [0.3, 0.4) is 0 Å². The highest BCUT2D eigenvalue weighted by Gasteiger charge is 2.37. The molecule has 0 amide bonds. The molecule has 0 heterocycles. The summed E-state index contributed by atoms with van der Waals surface area (Å²) in [5, 5.41) is 14.2. The number of nitriles is 1. The van der Waals surface area contributed by atoms with Gasteiger partial charge >= 0.3 is 0 Å². The number of nitrogens with zero attached hydrogens (tertiary/aromatic N) is 1. The van der Waals surface area contributed by atoms with Gasteiger partial charge in [0.2, 0.25) is 0 Å². The Hall–Kier alpha value is -0.660. The lowest BCUT2D eigenvalue weighted by Crippen LogP contribution is -2.33. The first kappa shape index (κ1) is 11.4. The smallest absolute Gasteiger partial charge is 0.0984 e. The summed E-state index contributed by atoms with van der Waals surface area (Å²) in [6, 6.07) is 2.27. The van der Waals surface area contributed by atoms with Crippen LogP contribution in [-0.4, -0.2) is 8.96 Å². The van der Waals surface area contributed by atoms with Gasteiger partial charge < -0.3 is 0 Å². The van der Waals surface area contributed by atoms with E-state index in [0.717, 1.165) is 12.8 Å². The van der Waals surface area contributed by atoms with E-state index in [1.807, 2.05) is 26.8 Å². The number of allylic oxidation sites excluding steroid dienone is 1. The first-order valence-corrected chi connectivity index (χ1v) is 5.78. The predicted octanol–water partition coefficient (Wildman–Crippen LogP) is 1.64. The second kappa shape index (κ2) is 3.48. The Balaban J connectivity index is 2.69. The maximum Gasteiger partial charge on any atom is 0.0984 e. The van der Waals surface area contributed by atoms with Gasteiger partial charge in [-0.25, -0.2) is 4.21 Å². The third kappa shape index (κ3) is 2.23. The molecule has 1 atom stereocenters. The Bertz CT molecular complexity index is 331. The van der Waals surface area contributed by atoms with Gasteiger partial charge in [-0.2, -0.15) is 5.26 Å².